The molecule has 2 aromatic heterocycles. The molecule has 2 aromatic carbocycles. The quantitative estimate of drug-likeness (QED) is 0.468. The number of hydrogen-bond acceptors (Lipinski definition) is 0. The van der Waals surface area contributed by atoms with Crippen LogP contribution in [0.25, 0.3) is 39.3 Å². The maximum absolute atomic E-state index is 3.97. The van der Waals surface area contributed by atoms with E-state index in [4.69, 9.17) is 0 Å². The summed E-state index contributed by atoms with van der Waals surface area (Å²) in [7, 11) is 0. The Kier molecular flexibility index (Phi) is 1.91. The van der Waals surface area contributed by atoms with E-state index in [0.29, 0.717) is 0 Å². The number of rotatable bonds is 2. The second-order valence-corrected chi connectivity index (χ2v) is 4.76. The second-order valence-electron chi connectivity index (χ2n) is 4.76. The fourth-order valence-corrected chi connectivity index (χ4v) is 3.16. The first-order valence-corrected chi connectivity index (χ1v) is 6.39. The summed E-state index contributed by atoms with van der Waals surface area (Å²) in [6.07, 6.45) is 3.84. The van der Waals surface area contributed by atoms with Crippen LogP contribution in [0.15, 0.2) is 55.6 Å². The zero-order valence-corrected chi connectivity index (χ0v) is 10.6. The third kappa shape index (κ3) is 1.10. The van der Waals surface area contributed by atoms with Crippen LogP contribution in [0, 0.1) is 0 Å². The zero-order valence-electron chi connectivity index (χ0n) is 10.6. The second kappa shape index (κ2) is 3.48. The van der Waals surface area contributed by atoms with Crippen molar-refractivity contribution < 1.29 is 0 Å². The molecule has 19 heavy (non-hydrogen) atoms. The molecule has 0 aliphatic carbocycles. The van der Waals surface area contributed by atoms with Gasteiger partial charge in [-0.1, -0.05) is 55.6 Å². The van der Waals surface area contributed by atoms with E-state index in [1.54, 1.807) is 0 Å². The van der Waals surface area contributed by atoms with Crippen molar-refractivity contribution in [3.63, 3.8) is 0 Å². The van der Waals surface area contributed by atoms with E-state index in [1.165, 1.54) is 32.8 Å². The Bertz CT molecular complexity index is 940. The van der Waals surface area contributed by atoms with Crippen molar-refractivity contribution in [2.45, 2.75) is 0 Å². The molecule has 4 rings (SSSR count). The Hall–Kier alpha value is -2.54. The Balaban J connectivity index is 2.48. The maximum Gasteiger partial charge on any atom is 0.0620 e. The zero-order chi connectivity index (χ0) is 13.0. The van der Waals surface area contributed by atoms with Gasteiger partial charge in [0.25, 0.3) is 0 Å². The van der Waals surface area contributed by atoms with Crippen molar-refractivity contribution in [1.29, 1.82) is 0 Å². The standard InChI is InChI=1S/C18H13N/c1-3-12-14-9-7-10-15-13-8-5-6-11-17(13)19(18(14)15)16(12)4-2/h3-11H,1-2H2. The molecular formula is C18H13N. The van der Waals surface area contributed by atoms with E-state index in [0.717, 1.165) is 5.69 Å². The molecule has 0 spiro atoms. The van der Waals surface area contributed by atoms with Gasteiger partial charge in [0.05, 0.1) is 16.7 Å². The van der Waals surface area contributed by atoms with Gasteiger partial charge in [0.15, 0.2) is 0 Å². The molecule has 0 fully saturated rings. The highest BCUT2D eigenvalue weighted by molar-refractivity contribution is 6.17. The van der Waals surface area contributed by atoms with Gasteiger partial charge in [0, 0.05) is 21.7 Å². The normalized spacial score (nSPS) is 11.6. The van der Waals surface area contributed by atoms with Gasteiger partial charge in [-0.05, 0) is 12.1 Å². The summed E-state index contributed by atoms with van der Waals surface area (Å²) in [5.74, 6) is 0. The predicted molar refractivity (Wildman–Crippen MR) is 83.8 cm³/mol. The van der Waals surface area contributed by atoms with Gasteiger partial charge in [-0.3, -0.25) is 0 Å². The molecule has 0 unspecified atom stereocenters. The molecule has 4 aromatic rings. The van der Waals surface area contributed by atoms with Crippen LogP contribution < -0.4 is 0 Å². The molecule has 0 saturated carbocycles. The van der Waals surface area contributed by atoms with Crippen molar-refractivity contribution in [2.75, 3.05) is 0 Å². The van der Waals surface area contributed by atoms with Crippen molar-refractivity contribution >= 4 is 39.3 Å². The number of hydrogen-bond donors (Lipinski definition) is 0. The van der Waals surface area contributed by atoms with E-state index in [9.17, 15) is 0 Å². The minimum atomic E-state index is 1.13. The van der Waals surface area contributed by atoms with Crippen LogP contribution in [0.5, 0.6) is 0 Å². The first-order valence-electron chi connectivity index (χ1n) is 6.39. The van der Waals surface area contributed by atoms with Crippen molar-refractivity contribution in [2.24, 2.45) is 0 Å². The fraction of sp³-hybridized carbons (Fsp3) is 0. The van der Waals surface area contributed by atoms with Crippen LogP contribution in [0.1, 0.15) is 11.3 Å². The monoisotopic (exact) mass is 243 g/mol. The van der Waals surface area contributed by atoms with E-state index in [-0.39, 0.29) is 0 Å². The van der Waals surface area contributed by atoms with E-state index in [1.807, 2.05) is 12.2 Å². The summed E-state index contributed by atoms with van der Waals surface area (Å²) in [5, 5.41) is 3.84. The highest BCUT2D eigenvalue weighted by atomic mass is 14.9. The summed E-state index contributed by atoms with van der Waals surface area (Å²) in [5.41, 5.74) is 4.80. The molecule has 0 saturated heterocycles. The first kappa shape index (κ1) is 10.4. The molecular weight excluding hydrogens is 230 g/mol. The summed E-state index contributed by atoms with van der Waals surface area (Å²) >= 11 is 0. The minimum absolute atomic E-state index is 1.13. The van der Waals surface area contributed by atoms with Gasteiger partial charge < -0.3 is 4.40 Å². The van der Waals surface area contributed by atoms with Crippen molar-refractivity contribution in [3.8, 4) is 0 Å². The largest absolute Gasteiger partial charge is 0.308 e. The Morgan fingerprint density at radius 1 is 0.789 bits per heavy atom. The lowest BCUT2D eigenvalue weighted by molar-refractivity contribution is 1.27. The van der Waals surface area contributed by atoms with E-state index in [2.05, 4.69) is 60.0 Å². The van der Waals surface area contributed by atoms with Crippen molar-refractivity contribution in [1.82, 2.24) is 4.40 Å². The van der Waals surface area contributed by atoms with Crippen LogP contribution in [0.2, 0.25) is 0 Å². The van der Waals surface area contributed by atoms with Crippen LogP contribution in [-0.4, -0.2) is 4.40 Å². The van der Waals surface area contributed by atoms with Gasteiger partial charge in [-0.2, -0.15) is 0 Å². The number of fused-ring (bicyclic) bond motifs is 3. The molecule has 2 heterocycles. The molecule has 90 valence electrons. The molecule has 0 amide bonds. The highest BCUT2D eigenvalue weighted by Gasteiger charge is 2.17. The maximum atomic E-state index is 3.97. The molecule has 0 bridgehead atoms. The van der Waals surface area contributed by atoms with Gasteiger partial charge in [0.1, 0.15) is 0 Å². The highest BCUT2D eigenvalue weighted by Crippen LogP contribution is 2.37. The molecule has 0 N–H and O–H groups in total. The lowest BCUT2D eigenvalue weighted by atomic mass is 10.1. The van der Waals surface area contributed by atoms with Crippen LogP contribution in [0.4, 0.5) is 0 Å². The SMILES string of the molecule is C=Cc1c(C=C)n2c3ccccc3c3cccc1c32. The number of aromatic nitrogens is 1. The smallest absolute Gasteiger partial charge is 0.0620 e. The van der Waals surface area contributed by atoms with Crippen LogP contribution >= 0.6 is 0 Å². The predicted octanol–water partition coefficient (Wildman–Crippen LogP) is 4.97. The van der Waals surface area contributed by atoms with Crippen molar-refractivity contribution in [3.05, 3.63) is 66.9 Å². The third-order valence-corrected chi connectivity index (χ3v) is 3.90. The number of para-hydroxylation sites is 2. The topological polar surface area (TPSA) is 4.41 Å². The Morgan fingerprint density at radius 2 is 1.53 bits per heavy atom. The van der Waals surface area contributed by atoms with Gasteiger partial charge in [-0.25, -0.2) is 0 Å². The lowest BCUT2D eigenvalue weighted by Gasteiger charge is -1.98. The van der Waals surface area contributed by atoms with Crippen LogP contribution in [0.3, 0.4) is 0 Å². The fourth-order valence-electron chi connectivity index (χ4n) is 3.16. The summed E-state index contributed by atoms with van der Waals surface area (Å²) in [6.45, 7) is 7.92. The van der Waals surface area contributed by atoms with E-state index < -0.39 is 0 Å². The van der Waals surface area contributed by atoms with Gasteiger partial charge in [0.2, 0.25) is 0 Å². The first-order chi connectivity index (χ1) is 9.36. The van der Waals surface area contributed by atoms with E-state index >= 15 is 0 Å². The Labute approximate surface area is 111 Å². The van der Waals surface area contributed by atoms with Gasteiger partial charge in [-0.15, -0.1) is 0 Å². The molecule has 0 aliphatic rings. The third-order valence-electron chi connectivity index (χ3n) is 3.90. The summed E-state index contributed by atoms with van der Waals surface area (Å²) in [4.78, 5) is 0. The molecule has 1 nitrogen and oxygen atoms in total. The molecule has 0 radical (unpaired) electrons. The molecule has 0 aliphatic heterocycles. The molecule has 0 atom stereocenters. The number of benzene rings is 2. The molecule has 1 heteroatoms. The summed E-state index contributed by atoms with van der Waals surface area (Å²) < 4.78 is 2.30. The summed E-state index contributed by atoms with van der Waals surface area (Å²) in [6, 6.07) is 15.0. The lowest BCUT2D eigenvalue weighted by Crippen LogP contribution is -1.84. The van der Waals surface area contributed by atoms with Gasteiger partial charge >= 0.3 is 0 Å². The average molecular weight is 243 g/mol. The Morgan fingerprint density at radius 3 is 2.32 bits per heavy atom. The van der Waals surface area contributed by atoms with Crippen LogP contribution in [-0.2, 0) is 0 Å². The minimum Gasteiger partial charge on any atom is -0.308 e. The number of nitrogens with zero attached hydrogens (tertiary/aromatic N) is 1. The average Bonchev–Trinajstić information content (AvgIpc) is 2.97.